The van der Waals surface area contributed by atoms with Crippen molar-refractivity contribution in [2.24, 2.45) is 0 Å². The van der Waals surface area contributed by atoms with Crippen LogP contribution in [0.15, 0.2) is 29.4 Å². The molecule has 24 heavy (non-hydrogen) atoms. The molecule has 2 fully saturated rings. The zero-order valence-corrected chi connectivity index (χ0v) is 14.7. The highest BCUT2D eigenvalue weighted by molar-refractivity contribution is 7.99. The molecule has 0 amide bonds. The molecular formula is C16H19ClN4O2S. The molecule has 1 aliphatic heterocycles. The van der Waals surface area contributed by atoms with Gasteiger partial charge in [0.15, 0.2) is 11.6 Å². The summed E-state index contributed by atoms with van der Waals surface area (Å²) in [6, 6.07) is 7.42. The van der Waals surface area contributed by atoms with E-state index in [1.54, 1.807) is 16.4 Å². The number of ether oxygens (including phenoxy) is 2. The number of hydrogen-bond donors (Lipinski definition) is 1. The van der Waals surface area contributed by atoms with Crippen LogP contribution in [0, 0.1) is 0 Å². The molecule has 2 aliphatic rings. The molecule has 0 bridgehead atoms. The zero-order valence-electron chi connectivity index (χ0n) is 13.2. The lowest BCUT2D eigenvalue weighted by Crippen LogP contribution is -2.36. The molecule has 1 aromatic heterocycles. The van der Waals surface area contributed by atoms with E-state index in [2.05, 4.69) is 10.2 Å². The summed E-state index contributed by atoms with van der Waals surface area (Å²) in [6.45, 7) is 1.42. The minimum atomic E-state index is -0.331. The number of benzene rings is 1. The van der Waals surface area contributed by atoms with Crippen molar-refractivity contribution >= 4 is 23.4 Å². The van der Waals surface area contributed by atoms with Crippen LogP contribution >= 0.6 is 23.4 Å². The van der Waals surface area contributed by atoms with Crippen LogP contribution in [0.3, 0.4) is 0 Å². The standard InChI is InChI=1S/C16H19ClN4O2S/c17-12-3-1-11(2-4-12)14-19-20-15(21(14)18)24-13-5-7-16(8-6-13)22-9-10-23-16/h1-4,13H,5-10,18H2. The van der Waals surface area contributed by atoms with E-state index in [9.17, 15) is 0 Å². The fourth-order valence-corrected chi connectivity index (χ4v) is 4.42. The molecule has 4 rings (SSSR count). The van der Waals surface area contributed by atoms with Crippen molar-refractivity contribution < 1.29 is 9.47 Å². The number of nitrogen functional groups attached to an aromatic ring is 1. The Morgan fingerprint density at radius 2 is 1.79 bits per heavy atom. The molecular weight excluding hydrogens is 348 g/mol. The largest absolute Gasteiger partial charge is 0.348 e. The lowest BCUT2D eigenvalue weighted by molar-refractivity contribution is -0.175. The van der Waals surface area contributed by atoms with Gasteiger partial charge in [-0.3, -0.25) is 0 Å². The molecule has 2 N–H and O–H groups in total. The van der Waals surface area contributed by atoms with Crippen molar-refractivity contribution in [2.45, 2.75) is 41.9 Å². The Balaban J connectivity index is 1.43. The first-order chi connectivity index (χ1) is 11.7. The van der Waals surface area contributed by atoms with Crippen molar-refractivity contribution in [3.05, 3.63) is 29.3 Å². The van der Waals surface area contributed by atoms with Crippen molar-refractivity contribution in [3.63, 3.8) is 0 Å². The Kier molecular flexibility index (Phi) is 4.42. The highest BCUT2D eigenvalue weighted by Crippen LogP contribution is 2.41. The third-order valence-corrected chi connectivity index (χ3v) is 6.09. The number of hydrogen-bond acceptors (Lipinski definition) is 6. The second-order valence-electron chi connectivity index (χ2n) is 6.11. The highest BCUT2D eigenvalue weighted by Gasteiger charge is 2.40. The topological polar surface area (TPSA) is 75.2 Å². The summed E-state index contributed by atoms with van der Waals surface area (Å²) < 4.78 is 13.1. The van der Waals surface area contributed by atoms with Gasteiger partial charge in [-0.1, -0.05) is 23.4 Å². The van der Waals surface area contributed by atoms with Gasteiger partial charge in [0.05, 0.1) is 13.2 Å². The van der Waals surface area contributed by atoms with E-state index in [1.165, 1.54) is 0 Å². The third-order valence-electron chi connectivity index (χ3n) is 4.55. The molecule has 0 atom stereocenters. The molecule has 0 unspecified atom stereocenters. The lowest BCUT2D eigenvalue weighted by Gasteiger charge is -2.34. The van der Waals surface area contributed by atoms with Gasteiger partial charge in [-0.05, 0) is 37.1 Å². The average molecular weight is 367 g/mol. The first-order valence-electron chi connectivity index (χ1n) is 8.06. The summed E-state index contributed by atoms with van der Waals surface area (Å²) in [5, 5.41) is 10.3. The van der Waals surface area contributed by atoms with E-state index in [0.717, 1.165) is 36.4 Å². The minimum absolute atomic E-state index is 0.331. The zero-order chi connectivity index (χ0) is 16.6. The first kappa shape index (κ1) is 16.2. The van der Waals surface area contributed by atoms with Crippen LogP contribution in [-0.2, 0) is 9.47 Å². The van der Waals surface area contributed by atoms with E-state index in [1.807, 2.05) is 24.3 Å². The lowest BCUT2D eigenvalue weighted by atomic mass is 9.94. The molecule has 8 heteroatoms. The molecule has 1 spiro atoms. The van der Waals surface area contributed by atoms with Gasteiger partial charge in [-0.15, -0.1) is 10.2 Å². The van der Waals surface area contributed by atoms with Gasteiger partial charge in [-0.25, -0.2) is 4.68 Å². The van der Waals surface area contributed by atoms with Crippen LogP contribution in [0.1, 0.15) is 25.7 Å². The second kappa shape index (κ2) is 6.55. The summed E-state index contributed by atoms with van der Waals surface area (Å²) in [6.07, 6.45) is 3.89. The van der Waals surface area contributed by atoms with Gasteiger partial charge in [0, 0.05) is 28.7 Å². The fraction of sp³-hybridized carbons (Fsp3) is 0.500. The Morgan fingerprint density at radius 3 is 2.46 bits per heavy atom. The van der Waals surface area contributed by atoms with Crippen LogP contribution in [0.5, 0.6) is 0 Å². The van der Waals surface area contributed by atoms with Gasteiger partial charge < -0.3 is 15.3 Å². The number of halogens is 1. The van der Waals surface area contributed by atoms with Crippen LogP contribution in [0.4, 0.5) is 0 Å². The Morgan fingerprint density at radius 1 is 1.12 bits per heavy atom. The molecule has 2 aromatic rings. The molecule has 1 aromatic carbocycles. The van der Waals surface area contributed by atoms with Crippen molar-refractivity contribution in [1.29, 1.82) is 0 Å². The summed E-state index contributed by atoms with van der Waals surface area (Å²) in [5.41, 5.74) is 0.900. The summed E-state index contributed by atoms with van der Waals surface area (Å²) in [4.78, 5) is 0. The molecule has 1 saturated carbocycles. The number of nitrogens with zero attached hydrogens (tertiary/aromatic N) is 3. The Hall–Kier alpha value is -1.28. The smallest absolute Gasteiger partial charge is 0.210 e. The van der Waals surface area contributed by atoms with Crippen LogP contribution in [0.2, 0.25) is 5.02 Å². The maximum atomic E-state index is 6.19. The second-order valence-corrected chi connectivity index (χ2v) is 7.81. The van der Waals surface area contributed by atoms with E-state index in [-0.39, 0.29) is 5.79 Å². The monoisotopic (exact) mass is 366 g/mol. The van der Waals surface area contributed by atoms with Crippen LogP contribution in [0.25, 0.3) is 11.4 Å². The summed E-state index contributed by atoms with van der Waals surface area (Å²) in [5.74, 6) is 6.51. The number of nitrogens with two attached hydrogens (primary N) is 1. The molecule has 2 heterocycles. The van der Waals surface area contributed by atoms with Gasteiger partial charge in [-0.2, -0.15) is 0 Å². The van der Waals surface area contributed by atoms with Crippen molar-refractivity contribution in [1.82, 2.24) is 14.9 Å². The normalized spacial score (nSPS) is 20.7. The van der Waals surface area contributed by atoms with E-state index in [0.29, 0.717) is 29.3 Å². The van der Waals surface area contributed by atoms with Gasteiger partial charge >= 0.3 is 0 Å². The van der Waals surface area contributed by atoms with Crippen molar-refractivity contribution in [3.8, 4) is 11.4 Å². The van der Waals surface area contributed by atoms with Crippen LogP contribution in [-0.4, -0.2) is 39.1 Å². The molecule has 0 radical (unpaired) electrons. The maximum absolute atomic E-state index is 6.19. The SMILES string of the molecule is Nn1c(SC2CCC3(CC2)OCCO3)nnc1-c1ccc(Cl)cc1. The number of rotatable bonds is 3. The third kappa shape index (κ3) is 3.13. The Labute approximate surface area is 149 Å². The van der Waals surface area contributed by atoms with E-state index < -0.39 is 0 Å². The average Bonchev–Trinajstić information content (AvgIpc) is 3.19. The summed E-state index contributed by atoms with van der Waals surface area (Å²) >= 11 is 7.60. The van der Waals surface area contributed by atoms with Crippen LogP contribution < -0.4 is 5.84 Å². The summed E-state index contributed by atoms with van der Waals surface area (Å²) in [7, 11) is 0. The predicted octanol–water partition coefficient (Wildman–Crippen LogP) is 3.09. The Bertz CT molecular complexity index is 705. The van der Waals surface area contributed by atoms with Gasteiger partial charge in [0.2, 0.25) is 5.16 Å². The quantitative estimate of drug-likeness (QED) is 0.841. The molecule has 1 saturated heterocycles. The maximum Gasteiger partial charge on any atom is 0.210 e. The molecule has 1 aliphatic carbocycles. The van der Waals surface area contributed by atoms with E-state index in [4.69, 9.17) is 26.9 Å². The van der Waals surface area contributed by atoms with Gasteiger partial charge in [0.1, 0.15) is 0 Å². The number of thioether (sulfide) groups is 1. The molecule has 128 valence electrons. The first-order valence-corrected chi connectivity index (χ1v) is 9.32. The minimum Gasteiger partial charge on any atom is -0.348 e. The number of aromatic nitrogens is 3. The van der Waals surface area contributed by atoms with E-state index >= 15 is 0 Å². The predicted molar refractivity (Wildman–Crippen MR) is 93.4 cm³/mol. The molecule has 6 nitrogen and oxygen atoms in total. The highest BCUT2D eigenvalue weighted by atomic mass is 35.5. The van der Waals surface area contributed by atoms with Crippen molar-refractivity contribution in [2.75, 3.05) is 19.1 Å². The van der Waals surface area contributed by atoms with Gasteiger partial charge in [0.25, 0.3) is 0 Å². The fourth-order valence-electron chi connectivity index (χ4n) is 3.24.